The number of hydrogen-bond donors (Lipinski definition) is 1. The van der Waals surface area contributed by atoms with Gasteiger partial charge in [-0.3, -0.25) is 9.59 Å². The van der Waals surface area contributed by atoms with Crippen molar-refractivity contribution in [1.29, 1.82) is 0 Å². The molecule has 0 rings (SSSR count). The third kappa shape index (κ3) is 23.6. The highest BCUT2D eigenvalue weighted by Gasteiger charge is 2.21. The molecular weight excluding hydrogens is 412 g/mol. The van der Waals surface area contributed by atoms with Gasteiger partial charge in [-0.1, -0.05) is 116 Å². The summed E-state index contributed by atoms with van der Waals surface area (Å²) in [4.78, 5) is 23.0. The number of hydrogen-bond acceptors (Lipinski definition) is 3. The minimum atomic E-state index is -0.888. The zero-order valence-electron chi connectivity index (χ0n) is 22.0. The first-order chi connectivity index (χ1) is 16.1. The van der Waals surface area contributed by atoms with E-state index in [9.17, 15) is 14.7 Å². The van der Waals surface area contributed by atoms with Gasteiger partial charge in [-0.05, 0) is 38.5 Å². The van der Waals surface area contributed by atoms with Crippen molar-refractivity contribution in [1.82, 2.24) is 0 Å². The van der Waals surface area contributed by atoms with E-state index in [2.05, 4.69) is 19.1 Å². The minimum absolute atomic E-state index is 0.00559. The van der Waals surface area contributed by atoms with Gasteiger partial charge in [0.15, 0.2) is 0 Å². The zero-order valence-corrected chi connectivity index (χ0v) is 22.0. The molecule has 0 saturated carbocycles. The molecule has 0 radical (unpaired) electrons. The zero-order chi connectivity index (χ0) is 24.4. The molecule has 0 amide bonds. The van der Waals surface area contributed by atoms with Crippen molar-refractivity contribution in [2.75, 3.05) is 6.61 Å². The molecule has 0 aliphatic carbocycles. The fourth-order valence-corrected chi connectivity index (χ4v) is 4.13. The molecule has 4 nitrogen and oxygen atoms in total. The summed E-state index contributed by atoms with van der Waals surface area (Å²) in [7, 11) is 0. The Balaban J connectivity index is 3.43. The van der Waals surface area contributed by atoms with Crippen LogP contribution < -0.4 is 0 Å². The van der Waals surface area contributed by atoms with Crippen LogP contribution >= 0.6 is 0 Å². The minimum Gasteiger partial charge on any atom is -0.481 e. The van der Waals surface area contributed by atoms with Gasteiger partial charge in [-0.25, -0.2) is 0 Å². The van der Waals surface area contributed by atoms with E-state index < -0.39 is 11.9 Å². The van der Waals surface area contributed by atoms with Crippen LogP contribution in [0.3, 0.4) is 0 Å². The normalized spacial score (nSPS) is 12.3. The van der Waals surface area contributed by atoms with Crippen LogP contribution in [-0.4, -0.2) is 23.7 Å². The first-order valence-electron chi connectivity index (χ1n) is 14.1. The smallest absolute Gasteiger partial charge is 0.307 e. The predicted octanol–water partition coefficient (Wildman–Crippen LogP) is 9.02. The van der Waals surface area contributed by atoms with E-state index in [4.69, 9.17) is 4.74 Å². The quantitative estimate of drug-likeness (QED) is 0.0828. The number of allylic oxidation sites excluding steroid dienone is 2. The van der Waals surface area contributed by atoms with E-state index in [-0.39, 0.29) is 12.4 Å². The van der Waals surface area contributed by atoms with Crippen molar-refractivity contribution in [2.24, 2.45) is 5.92 Å². The molecule has 1 N–H and O–H groups in total. The molecule has 0 heterocycles. The van der Waals surface area contributed by atoms with Crippen LogP contribution in [0.5, 0.6) is 0 Å². The summed E-state index contributed by atoms with van der Waals surface area (Å²) in [5.74, 6) is -1.89. The summed E-state index contributed by atoms with van der Waals surface area (Å²) in [6.45, 7) is 4.58. The van der Waals surface area contributed by atoms with Gasteiger partial charge in [-0.2, -0.15) is 0 Å². The number of carboxylic acid groups (broad SMARTS) is 1. The summed E-state index contributed by atoms with van der Waals surface area (Å²) in [5.41, 5.74) is 0. The number of carbonyl (C=O) groups is 2. The van der Waals surface area contributed by atoms with Crippen molar-refractivity contribution in [3.05, 3.63) is 12.2 Å². The van der Waals surface area contributed by atoms with Crippen molar-refractivity contribution in [3.63, 3.8) is 0 Å². The lowest BCUT2D eigenvalue weighted by Gasteiger charge is -2.11. The molecule has 194 valence electrons. The van der Waals surface area contributed by atoms with E-state index in [1.165, 1.54) is 89.9 Å². The molecule has 0 saturated heterocycles. The molecule has 0 aromatic carbocycles. The molecule has 0 aliphatic rings. The Hall–Kier alpha value is -1.32. The topological polar surface area (TPSA) is 63.6 Å². The molecule has 0 aromatic heterocycles. The standard InChI is InChI=1S/C29H54O4/c1-3-5-6-7-8-9-10-11-12-13-14-15-16-17-18-19-20-21-22-23-24-27(29(31)32)26-28(30)33-25-4-2/h18-19,27H,3-17,20-26H2,1-2H3,(H,31,32)/b19-18+. The molecule has 1 atom stereocenters. The molecule has 0 bridgehead atoms. The van der Waals surface area contributed by atoms with Gasteiger partial charge in [-0.15, -0.1) is 0 Å². The van der Waals surface area contributed by atoms with Crippen molar-refractivity contribution < 1.29 is 19.4 Å². The maximum Gasteiger partial charge on any atom is 0.307 e. The van der Waals surface area contributed by atoms with Crippen LogP contribution in [0.15, 0.2) is 12.2 Å². The second kappa shape index (κ2) is 25.3. The Labute approximate surface area is 204 Å². The average molecular weight is 467 g/mol. The SMILES string of the molecule is CCCCCCCCCCCCCCC/C=C/CCCCCC(CC(=O)OCCC)C(=O)O. The van der Waals surface area contributed by atoms with E-state index >= 15 is 0 Å². The van der Waals surface area contributed by atoms with Gasteiger partial charge in [0, 0.05) is 0 Å². The summed E-state index contributed by atoms with van der Waals surface area (Å²) in [6.07, 6.45) is 29.2. The van der Waals surface area contributed by atoms with Gasteiger partial charge >= 0.3 is 11.9 Å². The van der Waals surface area contributed by atoms with Crippen LogP contribution in [0.4, 0.5) is 0 Å². The van der Waals surface area contributed by atoms with Gasteiger partial charge in [0.1, 0.15) is 0 Å². The summed E-state index contributed by atoms with van der Waals surface area (Å²) in [6, 6.07) is 0. The van der Waals surface area contributed by atoms with Crippen LogP contribution in [0.1, 0.15) is 149 Å². The summed E-state index contributed by atoms with van der Waals surface area (Å²) < 4.78 is 5.01. The highest BCUT2D eigenvalue weighted by molar-refractivity contribution is 5.78. The lowest BCUT2D eigenvalue weighted by Crippen LogP contribution is -2.19. The van der Waals surface area contributed by atoms with Crippen LogP contribution in [0, 0.1) is 5.92 Å². The summed E-state index contributed by atoms with van der Waals surface area (Å²) in [5, 5.41) is 9.29. The fourth-order valence-electron chi connectivity index (χ4n) is 4.13. The molecule has 0 aliphatic heterocycles. The monoisotopic (exact) mass is 466 g/mol. The van der Waals surface area contributed by atoms with Crippen LogP contribution in [-0.2, 0) is 14.3 Å². The van der Waals surface area contributed by atoms with E-state index in [0.29, 0.717) is 13.0 Å². The van der Waals surface area contributed by atoms with Gasteiger partial charge in [0.05, 0.1) is 18.9 Å². The molecular formula is C29H54O4. The highest BCUT2D eigenvalue weighted by atomic mass is 16.5. The van der Waals surface area contributed by atoms with Crippen LogP contribution in [0.25, 0.3) is 0 Å². The maximum absolute atomic E-state index is 11.6. The van der Waals surface area contributed by atoms with Gasteiger partial charge in [0.2, 0.25) is 0 Å². The van der Waals surface area contributed by atoms with Gasteiger partial charge < -0.3 is 9.84 Å². The Bertz CT molecular complexity index is 472. The number of ether oxygens (including phenoxy) is 1. The highest BCUT2D eigenvalue weighted by Crippen LogP contribution is 2.16. The van der Waals surface area contributed by atoms with Crippen LogP contribution in [0.2, 0.25) is 0 Å². The molecule has 0 fully saturated rings. The fraction of sp³-hybridized carbons (Fsp3) is 0.862. The molecule has 4 heteroatoms. The van der Waals surface area contributed by atoms with E-state index in [0.717, 1.165) is 32.1 Å². The van der Waals surface area contributed by atoms with Crippen molar-refractivity contribution in [3.8, 4) is 0 Å². The number of unbranched alkanes of at least 4 members (excludes halogenated alkanes) is 16. The Morgan fingerprint density at radius 1 is 0.667 bits per heavy atom. The largest absolute Gasteiger partial charge is 0.481 e. The molecule has 0 spiro atoms. The molecule has 0 aromatic rings. The Morgan fingerprint density at radius 3 is 1.58 bits per heavy atom. The predicted molar refractivity (Wildman–Crippen MR) is 140 cm³/mol. The lowest BCUT2D eigenvalue weighted by atomic mass is 9.97. The first-order valence-corrected chi connectivity index (χ1v) is 14.1. The summed E-state index contributed by atoms with van der Waals surface area (Å²) >= 11 is 0. The van der Waals surface area contributed by atoms with E-state index in [1.54, 1.807) is 0 Å². The molecule has 1 unspecified atom stereocenters. The van der Waals surface area contributed by atoms with Crippen molar-refractivity contribution >= 4 is 11.9 Å². The second-order valence-corrected chi connectivity index (χ2v) is 9.60. The average Bonchev–Trinajstić information content (AvgIpc) is 2.80. The van der Waals surface area contributed by atoms with Crippen molar-refractivity contribution in [2.45, 2.75) is 149 Å². The number of rotatable bonds is 25. The maximum atomic E-state index is 11.6. The first kappa shape index (κ1) is 31.7. The second-order valence-electron chi connectivity index (χ2n) is 9.60. The van der Waals surface area contributed by atoms with Gasteiger partial charge in [0.25, 0.3) is 0 Å². The third-order valence-corrected chi connectivity index (χ3v) is 6.29. The number of carboxylic acids is 1. The Kier molecular flexibility index (Phi) is 24.3. The third-order valence-electron chi connectivity index (χ3n) is 6.29. The van der Waals surface area contributed by atoms with E-state index in [1.807, 2.05) is 6.92 Å². The number of carbonyl (C=O) groups excluding carboxylic acids is 1. The molecule has 33 heavy (non-hydrogen) atoms. The number of esters is 1. The number of aliphatic carboxylic acids is 1. The lowest BCUT2D eigenvalue weighted by molar-refractivity contribution is -0.151. The Morgan fingerprint density at radius 2 is 1.12 bits per heavy atom.